The van der Waals surface area contributed by atoms with Crippen molar-refractivity contribution in [1.29, 1.82) is 0 Å². The van der Waals surface area contributed by atoms with Crippen molar-refractivity contribution in [3.8, 4) is 0 Å². The lowest BCUT2D eigenvalue weighted by molar-refractivity contribution is 0.220. The monoisotopic (exact) mass is 231 g/mol. The summed E-state index contributed by atoms with van der Waals surface area (Å²) in [5.74, 6) is 1.71. The van der Waals surface area contributed by atoms with E-state index in [4.69, 9.17) is 0 Å². The van der Waals surface area contributed by atoms with Crippen LogP contribution >= 0.6 is 0 Å². The van der Waals surface area contributed by atoms with Crippen molar-refractivity contribution >= 4 is 0 Å². The fraction of sp³-hybridized carbons (Fsp3) is 0.625. The predicted molar refractivity (Wildman–Crippen MR) is 74.2 cm³/mol. The Morgan fingerprint density at radius 2 is 1.88 bits per heavy atom. The van der Waals surface area contributed by atoms with Gasteiger partial charge in [-0.25, -0.2) is 0 Å². The van der Waals surface area contributed by atoms with Crippen LogP contribution in [0.1, 0.15) is 37.3 Å². The van der Waals surface area contributed by atoms with E-state index >= 15 is 0 Å². The topological polar surface area (TPSA) is 12.0 Å². The largest absolute Gasteiger partial charge is 0.317 e. The van der Waals surface area contributed by atoms with Crippen molar-refractivity contribution in [3.63, 3.8) is 0 Å². The van der Waals surface area contributed by atoms with Gasteiger partial charge in [-0.05, 0) is 57.1 Å². The predicted octanol–water partition coefficient (Wildman–Crippen LogP) is 3.56. The number of rotatable bonds is 3. The number of hydrogen-bond acceptors (Lipinski definition) is 1. The average Bonchev–Trinajstić information content (AvgIpc) is 2.32. The first-order chi connectivity index (χ1) is 8.19. The zero-order valence-corrected chi connectivity index (χ0v) is 11.4. The van der Waals surface area contributed by atoms with Crippen LogP contribution in [0.15, 0.2) is 24.3 Å². The van der Waals surface area contributed by atoms with Crippen LogP contribution in [0.5, 0.6) is 0 Å². The van der Waals surface area contributed by atoms with Crippen LogP contribution in [0.4, 0.5) is 0 Å². The normalized spacial score (nSPS) is 29.2. The number of aryl methyl sites for hydroxylation is 1. The molecule has 3 unspecified atom stereocenters. The minimum atomic E-state index is 0.715. The lowest BCUT2D eigenvalue weighted by Crippen LogP contribution is -2.39. The molecule has 17 heavy (non-hydrogen) atoms. The fourth-order valence-corrected chi connectivity index (χ4v) is 3.13. The Hall–Kier alpha value is -0.820. The Bertz CT molecular complexity index is 341. The highest BCUT2D eigenvalue weighted by molar-refractivity contribution is 5.22. The first kappa shape index (κ1) is 12.6. The summed E-state index contributed by atoms with van der Waals surface area (Å²) in [6, 6.07) is 9.77. The third-order valence-electron chi connectivity index (χ3n) is 4.23. The van der Waals surface area contributed by atoms with Crippen LogP contribution in [-0.2, 0) is 6.42 Å². The maximum atomic E-state index is 3.51. The average molecular weight is 231 g/mol. The number of benzene rings is 1. The summed E-state index contributed by atoms with van der Waals surface area (Å²) in [7, 11) is 2.11. The molecule has 94 valence electrons. The summed E-state index contributed by atoms with van der Waals surface area (Å²) < 4.78 is 0. The Labute approximate surface area is 106 Å². The Balaban J connectivity index is 2.02. The van der Waals surface area contributed by atoms with Crippen molar-refractivity contribution in [2.45, 2.75) is 45.6 Å². The van der Waals surface area contributed by atoms with E-state index in [1.807, 2.05) is 0 Å². The molecule has 0 radical (unpaired) electrons. The molecule has 1 aliphatic carbocycles. The van der Waals surface area contributed by atoms with Gasteiger partial charge >= 0.3 is 0 Å². The van der Waals surface area contributed by atoms with Crippen molar-refractivity contribution in [1.82, 2.24) is 5.32 Å². The van der Waals surface area contributed by atoms with Gasteiger partial charge in [0.2, 0.25) is 0 Å². The Morgan fingerprint density at radius 3 is 2.53 bits per heavy atom. The molecule has 0 spiro atoms. The summed E-state index contributed by atoms with van der Waals surface area (Å²) in [5.41, 5.74) is 2.85. The third-order valence-corrected chi connectivity index (χ3v) is 4.23. The van der Waals surface area contributed by atoms with Gasteiger partial charge in [0.1, 0.15) is 0 Å². The molecule has 1 fully saturated rings. The first-order valence-electron chi connectivity index (χ1n) is 6.92. The molecule has 1 aliphatic rings. The molecule has 1 saturated carbocycles. The van der Waals surface area contributed by atoms with Gasteiger partial charge in [-0.3, -0.25) is 0 Å². The molecule has 3 atom stereocenters. The minimum absolute atomic E-state index is 0.715. The quantitative estimate of drug-likeness (QED) is 0.838. The smallest absolute Gasteiger partial charge is 0.00957 e. The van der Waals surface area contributed by atoms with E-state index in [0.717, 1.165) is 11.8 Å². The molecule has 1 aromatic rings. The Kier molecular flexibility index (Phi) is 4.22. The fourth-order valence-electron chi connectivity index (χ4n) is 3.13. The standard InChI is InChI=1S/C16H25N/c1-12-4-7-14(8-5-12)11-15-10-13(2)6-9-16(15)17-3/h4-5,7-8,13,15-17H,6,9-11H2,1-3H3. The van der Waals surface area contributed by atoms with Gasteiger partial charge in [0, 0.05) is 6.04 Å². The van der Waals surface area contributed by atoms with E-state index in [9.17, 15) is 0 Å². The molecular weight excluding hydrogens is 206 g/mol. The minimum Gasteiger partial charge on any atom is -0.317 e. The number of nitrogens with one attached hydrogen (secondary N) is 1. The van der Waals surface area contributed by atoms with Crippen molar-refractivity contribution < 1.29 is 0 Å². The van der Waals surface area contributed by atoms with Crippen LogP contribution < -0.4 is 5.32 Å². The van der Waals surface area contributed by atoms with E-state index in [1.165, 1.54) is 36.8 Å². The zero-order chi connectivity index (χ0) is 12.3. The summed E-state index contributed by atoms with van der Waals surface area (Å²) in [6.45, 7) is 4.55. The number of hydrogen-bond donors (Lipinski definition) is 1. The van der Waals surface area contributed by atoms with E-state index < -0.39 is 0 Å². The maximum absolute atomic E-state index is 3.51. The highest BCUT2D eigenvalue weighted by atomic mass is 14.9. The first-order valence-corrected chi connectivity index (χ1v) is 6.92. The van der Waals surface area contributed by atoms with Crippen LogP contribution in [0.25, 0.3) is 0 Å². The molecule has 0 saturated heterocycles. The van der Waals surface area contributed by atoms with E-state index in [-0.39, 0.29) is 0 Å². The summed E-state index contributed by atoms with van der Waals surface area (Å²) in [6.07, 6.45) is 5.33. The molecular formula is C16H25N. The van der Waals surface area contributed by atoms with Crippen LogP contribution in [0.2, 0.25) is 0 Å². The van der Waals surface area contributed by atoms with E-state index in [0.29, 0.717) is 6.04 Å². The highest BCUT2D eigenvalue weighted by Gasteiger charge is 2.27. The summed E-state index contributed by atoms with van der Waals surface area (Å²) in [4.78, 5) is 0. The van der Waals surface area contributed by atoms with Crippen molar-refractivity contribution in [3.05, 3.63) is 35.4 Å². The van der Waals surface area contributed by atoms with Crippen LogP contribution in [-0.4, -0.2) is 13.1 Å². The lowest BCUT2D eigenvalue weighted by Gasteiger charge is -2.35. The van der Waals surface area contributed by atoms with Crippen LogP contribution in [0.3, 0.4) is 0 Å². The molecule has 0 aliphatic heterocycles. The zero-order valence-electron chi connectivity index (χ0n) is 11.4. The molecule has 0 aromatic heterocycles. The molecule has 0 heterocycles. The third kappa shape index (κ3) is 3.32. The SMILES string of the molecule is CNC1CCC(C)CC1Cc1ccc(C)cc1. The molecule has 1 aromatic carbocycles. The van der Waals surface area contributed by atoms with Crippen molar-refractivity contribution in [2.75, 3.05) is 7.05 Å². The van der Waals surface area contributed by atoms with Gasteiger partial charge in [-0.1, -0.05) is 36.8 Å². The van der Waals surface area contributed by atoms with Gasteiger partial charge in [-0.2, -0.15) is 0 Å². The molecule has 1 nitrogen and oxygen atoms in total. The summed E-state index contributed by atoms with van der Waals surface area (Å²) >= 11 is 0. The van der Waals surface area contributed by atoms with Crippen molar-refractivity contribution in [2.24, 2.45) is 11.8 Å². The summed E-state index contributed by atoms with van der Waals surface area (Å²) in [5, 5.41) is 3.51. The molecule has 2 rings (SSSR count). The lowest BCUT2D eigenvalue weighted by atomic mass is 9.76. The maximum Gasteiger partial charge on any atom is 0.00957 e. The van der Waals surface area contributed by atoms with Gasteiger partial charge < -0.3 is 5.32 Å². The van der Waals surface area contributed by atoms with Gasteiger partial charge in [0.05, 0.1) is 0 Å². The van der Waals surface area contributed by atoms with E-state index in [1.54, 1.807) is 0 Å². The second-order valence-electron chi connectivity index (χ2n) is 5.76. The highest BCUT2D eigenvalue weighted by Crippen LogP contribution is 2.31. The van der Waals surface area contributed by atoms with E-state index in [2.05, 4.69) is 50.5 Å². The van der Waals surface area contributed by atoms with Gasteiger partial charge in [0.25, 0.3) is 0 Å². The van der Waals surface area contributed by atoms with Gasteiger partial charge in [-0.15, -0.1) is 0 Å². The molecule has 1 N–H and O–H groups in total. The second kappa shape index (κ2) is 5.68. The molecule has 0 bridgehead atoms. The Morgan fingerprint density at radius 1 is 1.18 bits per heavy atom. The molecule has 0 amide bonds. The van der Waals surface area contributed by atoms with Gasteiger partial charge in [0.15, 0.2) is 0 Å². The second-order valence-corrected chi connectivity index (χ2v) is 5.76. The molecule has 1 heteroatoms. The van der Waals surface area contributed by atoms with Crippen LogP contribution in [0, 0.1) is 18.8 Å².